The predicted octanol–water partition coefficient (Wildman–Crippen LogP) is 3.15. The van der Waals surface area contributed by atoms with E-state index in [1.54, 1.807) is 30.3 Å². The highest BCUT2D eigenvalue weighted by molar-refractivity contribution is 7.10. The van der Waals surface area contributed by atoms with Gasteiger partial charge in [0.15, 0.2) is 0 Å². The summed E-state index contributed by atoms with van der Waals surface area (Å²) in [5, 5.41) is 13.5. The second-order valence-corrected chi connectivity index (χ2v) is 5.80. The number of aryl methyl sites for hydroxylation is 1. The second-order valence-electron chi connectivity index (χ2n) is 4.82. The summed E-state index contributed by atoms with van der Waals surface area (Å²) in [6, 6.07) is 9.34. The summed E-state index contributed by atoms with van der Waals surface area (Å²) in [4.78, 5) is 23.7. The van der Waals surface area contributed by atoms with Crippen LogP contribution in [0.4, 0.5) is 4.39 Å². The first-order valence-electron chi connectivity index (χ1n) is 6.84. The van der Waals surface area contributed by atoms with E-state index in [4.69, 9.17) is 5.11 Å². The number of aliphatic carboxylic acids is 1. The fourth-order valence-corrected chi connectivity index (χ4v) is 2.88. The maximum Gasteiger partial charge on any atom is 0.305 e. The molecule has 116 valence electrons. The van der Waals surface area contributed by atoms with Crippen molar-refractivity contribution < 1.29 is 19.1 Å². The number of carbonyl (C=O) groups is 2. The summed E-state index contributed by atoms with van der Waals surface area (Å²) in [5.41, 5.74) is 0.476. The number of rotatable bonds is 7. The van der Waals surface area contributed by atoms with E-state index in [0.717, 1.165) is 4.88 Å². The molecule has 6 heteroatoms. The van der Waals surface area contributed by atoms with E-state index >= 15 is 0 Å². The molecule has 0 aliphatic carbocycles. The van der Waals surface area contributed by atoms with E-state index in [0.29, 0.717) is 5.56 Å². The van der Waals surface area contributed by atoms with Crippen LogP contribution in [-0.2, 0) is 16.0 Å². The lowest BCUT2D eigenvalue weighted by molar-refractivity contribution is -0.137. The molecule has 1 aromatic heterocycles. The molecule has 0 fully saturated rings. The van der Waals surface area contributed by atoms with E-state index in [1.165, 1.54) is 17.4 Å². The largest absolute Gasteiger partial charge is 0.481 e. The Kier molecular flexibility index (Phi) is 5.66. The Morgan fingerprint density at radius 3 is 2.64 bits per heavy atom. The van der Waals surface area contributed by atoms with E-state index in [2.05, 4.69) is 5.32 Å². The number of amides is 1. The van der Waals surface area contributed by atoms with Crippen molar-refractivity contribution in [3.05, 3.63) is 58.0 Å². The van der Waals surface area contributed by atoms with Crippen LogP contribution >= 0.6 is 11.3 Å². The molecule has 0 spiro atoms. The Morgan fingerprint density at radius 2 is 2.00 bits per heavy atom. The van der Waals surface area contributed by atoms with Gasteiger partial charge in [-0.2, -0.15) is 0 Å². The minimum Gasteiger partial charge on any atom is -0.481 e. The minimum absolute atomic E-state index is 0.114. The lowest BCUT2D eigenvalue weighted by atomic mass is 10.1. The fraction of sp³-hybridized carbons (Fsp3) is 0.250. The summed E-state index contributed by atoms with van der Waals surface area (Å²) >= 11 is 1.39. The maximum absolute atomic E-state index is 13.5. The lowest BCUT2D eigenvalue weighted by Crippen LogP contribution is -2.29. The number of nitrogens with one attached hydrogen (secondary N) is 1. The summed E-state index contributed by atoms with van der Waals surface area (Å²) in [7, 11) is 0. The number of carboxylic acid groups (broad SMARTS) is 1. The van der Waals surface area contributed by atoms with Crippen molar-refractivity contribution in [1.29, 1.82) is 0 Å². The molecular weight excluding hydrogens is 305 g/mol. The number of hydrogen-bond donors (Lipinski definition) is 2. The molecule has 0 saturated heterocycles. The quantitative estimate of drug-likeness (QED) is 0.823. The van der Waals surface area contributed by atoms with Gasteiger partial charge in [0.1, 0.15) is 5.82 Å². The summed E-state index contributed by atoms with van der Waals surface area (Å²) in [6.07, 6.45) is 0.219. The molecule has 2 rings (SSSR count). The fourth-order valence-electron chi connectivity index (χ4n) is 2.10. The third kappa shape index (κ3) is 4.66. The van der Waals surface area contributed by atoms with Gasteiger partial charge >= 0.3 is 5.97 Å². The number of benzene rings is 1. The maximum atomic E-state index is 13.5. The highest BCUT2D eigenvalue weighted by atomic mass is 32.1. The standard InChI is InChI=1S/C16H16FNO3S/c17-12-5-2-1-4-11(12)7-8-15(19)18-13(10-16(20)21)14-6-3-9-22-14/h1-6,9,13H,7-8,10H2,(H,18,19)(H,20,21)/t13-/m1/s1. The van der Waals surface area contributed by atoms with Crippen molar-refractivity contribution in [1.82, 2.24) is 5.32 Å². The topological polar surface area (TPSA) is 66.4 Å². The van der Waals surface area contributed by atoms with Crippen molar-refractivity contribution in [3.63, 3.8) is 0 Å². The van der Waals surface area contributed by atoms with Gasteiger partial charge in [0.05, 0.1) is 12.5 Å². The summed E-state index contributed by atoms with van der Waals surface area (Å²) in [5.74, 6) is -1.61. The van der Waals surface area contributed by atoms with Crippen LogP contribution in [0.2, 0.25) is 0 Å². The number of carbonyl (C=O) groups excluding carboxylic acids is 1. The Morgan fingerprint density at radius 1 is 1.23 bits per heavy atom. The second kappa shape index (κ2) is 7.70. The highest BCUT2D eigenvalue weighted by Gasteiger charge is 2.19. The number of carboxylic acids is 1. The first kappa shape index (κ1) is 16.2. The Labute approximate surface area is 131 Å². The minimum atomic E-state index is -0.979. The monoisotopic (exact) mass is 321 g/mol. The first-order chi connectivity index (χ1) is 10.6. The highest BCUT2D eigenvalue weighted by Crippen LogP contribution is 2.22. The van der Waals surface area contributed by atoms with Gasteiger partial charge < -0.3 is 10.4 Å². The van der Waals surface area contributed by atoms with E-state index in [1.807, 2.05) is 5.38 Å². The van der Waals surface area contributed by atoms with Gasteiger partial charge in [-0.1, -0.05) is 24.3 Å². The van der Waals surface area contributed by atoms with Crippen molar-refractivity contribution in [2.75, 3.05) is 0 Å². The molecule has 0 bridgehead atoms. The van der Waals surface area contributed by atoms with Crippen LogP contribution in [0.1, 0.15) is 29.3 Å². The Balaban J connectivity index is 1.94. The first-order valence-corrected chi connectivity index (χ1v) is 7.72. The average Bonchev–Trinajstić information content (AvgIpc) is 2.99. The molecule has 2 N–H and O–H groups in total. The van der Waals surface area contributed by atoms with Gasteiger partial charge in [-0.15, -0.1) is 11.3 Å². The van der Waals surface area contributed by atoms with Gasteiger partial charge in [-0.25, -0.2) is 4.39 Å². The molecule has 0 saturated carbocycles. The number of hydrogen-bond acceptors (Lipinski definition) is 3. The lowest BCUT2D eigenvalue weighted by Gasteiger charge is -2.15. The van der Waals surface area contributed by atoms with Crippen LogP contribution in [0.5, 0.6) is 0 Å². The van der Waals surface area contributed by atoms with Crippen LogP contribution in [0.15, 0.2) is 41.8 Å². The van der Waals surface area contributed by atoms with Crippen LogP contribution in [0, 0.1) is 5.82 Å². The zero-order chi connectivity index (χ0) is 15.9. The normalized spacial score (nSPS) is 11.9. The van der Waals surface area contributed by atoms with Crippen molar-refractivity contribution in [2.45, 2.75) is 25.3 Å². The Hall–Kier alpha value is -2.21. The third-order valence-electron chi connectivity index (χ3n) is 3.18. The number of halogens is 1. The molecule has 1 atom stereocenters. The van der Waals surface area contributed by atoms with Crippen LogP contribution < -0.4 is 5.32 Å². The molecule has 1 aromatic carbocycles. The molecule has 0 aliphatic heterocycles. The van der Waals surface area contributed by atoms with Crippen LogP contribution in [0.25, 0.3) is 0 Å². The molecule has 1 amide bonds. The van der Waals surface area contributed by atoms with Gasteiger partial charge in [0.2, 0.25) is 5.91 Å². The summed E-state index contributed by atoms with van der Waals surface area (Å²) in [6.45, 7) is 0. The molecule has 0 aliphatic rings. The van der Waals surface area contributed by atoms with Gasteiger partial charge in [-0.05, 0) is 29.5 Å². The molecular formula is C16H16FNO3S. The molecule has 22 heavy (non-hydrogen) atoms. The molecule has 1 heterocycles. The molecule has 4 nitrogen and oxygen atoms in total. The Bertz CT molecular complexity index is 643. The SMILES string of the molecule is O=C(O)C[C@@H](NC(=O)CCc1ccccc1F)c1cccs1. The smallest absolute Gasteiger partial charge is 0.305 e. The number of thiophene rings is 1. The van der Waals surface area contributed by atoms with Crippen molar-refractivity contribution in [2.24, 2.45) is 0 Å². The van der Waals surface area contributed by atoms with Crippen molar-refractivity contribution in [3.8, 4) is 0 Å². The van der Waals surface area contributed by atoms with Crippen LogP contribution in [-0.4, -0.2) is 17.0 Å². The molecule has 0 radical (unpaired) electrons. The predicted molar refractivity (Wildman–Crippen MR) is 82.2 cm³/mol. The zero-order valence-electron chi connectivity index (χ0n) is 11.8. The zero-order valence-corrected chi connectivity index (χ0v) is 12.6. The summed E-state index contributed by atoms with van der Waals surface area (Å²) < 4.78 is 13.5. The third-order valence-corrected chi connectivity index (χ3v) is 4.17. The van der Waals surface area contributed by atoms with E-state index < -0.39 is 12.0 Å². The van der Waals surface area contributed by atoms with Crippen LogP contribution in [0.3, 0.4) is 0 Å². The van der Waals surface area contributed by atoms with Gasteiger partial charge in [0.25, 0.3) is 0 Å². The van der Waals surface area contributed by atoms with E-state index in [-0.39, 0.29) is 31.0 Å². The molecule has 2 aromatic rings. The average molecular weight is 321 g/mol. The molecule has 0 unspecified atom stereocenters. The van der Waals surface area contributed by atoms with Gasteiger partial charge in [0, 0.05) is 11.3 Å². The van der Waals surface area contributed by atoms with E-state index in [9.17, 15) is 14.0 Å². The van der Waals surface area contributed by atoms with Crippen molar-refractivity contribution >= 4 is 23.2 Å². The van der Waals surface area contributed by atoms with Gasteiger partial charge in [-0.3, -0.25) is 9.59 Å².